The molecule has 1 heterocycles. The van der Waals surface area contributed by atoms with E-state index in [4.69, 9.17) is 0 Å². The van der Waals surface area contributed by atoms with Crippen LogP contribution in [0.4, 0.5) is 17.1 Å². The van der Waals surface area contributed by atoms with Crippen LogP contribution < -0.4 is 4.90 Å². The van der Waals surface area contributed by atoms with E-state index in [9.17, 15) is 0 Å². The Labute approximate surface area is 419 Å². The Bertz CT molecular complexity index is 3880. The second-order valence-electron chi connectivity index (χ2n) is 19.0. The smallest absolute Gasteiger partial charge is 0.0726 e. The van der Waals surface area contributed by atoms with Crippen LogP contribution in [0.3, 0.4) is 0 Å². The van der Waals surface area contributed by atoms with Gasteiger partial charge >= 0.3 is 0 Å². The zero-order valence-corrected chi connectivity index (χ0v) is 40.1. The first kappa shape index (κ1) is 41.4. The molecule has 0 radical (unpaired) electrons. The van der Waals surface area contributed by atoms with Crippen molar-refractivity contribution in [3.8, 4) is 44.5 Å². The highest BCUT2D eigenvalue weighted by atomic mass is 32.1. The Hall–Kier alpha value is -8.56. The quantitative estimate of drug-likeness (QED) is 0.147. The molecular weight excluding hydrogens is 875 g/mol. The largest absolute Gasteiger partial charge is 0.310 e. The van der Waals surface area contributed by atoms with Gasteiger partial charge in [-0.05, 0) is 138 Å². The fourth-order valence-electron chi connectivity index (χ4n) is 12.9. The Kier molecular flexibility index (Phi) is 9.33. The zero-order valence-electron chi connectivity index (χ0n) is 39.3. The van der Waals surface area contributed by atoms with Crippen LogP contribution in [-0.2, 0) is 10.8 Å². The molecule has 0 bridgehead atoms. The lowest BCUT2D eigenvalue weighted by molar-refractivity contribution is 0.768. The van der Waals surface area contributed by atoms with E-state index >= 15 is 0 Å². The molecule has 0 unspecified atom stereocenters. The third-order valence-electron chi connectivity index (χ3n) is 15.7. The molecule has 1 spiro atoms. The Morgan fingerprint density at radius 2 is 0.930 bits per heavy atom. The summed E-state index contributed by atoms with van der Waals surface area (Å²) < 4.78 is 1.27. The summed E-state index contributed by atoms with van der Waals surface area (Å²) in [5, 5.41) is 1.26. The maximum Gasteiger partial charge on any atom is 0.0726 e. The predicted octanol–water partition coefficient (Wildman–Crippen LogP) is 18.4. The molecule has 3 aliphatic carbocycles. The summed E-state index contributed by atoms with van der Waals surface area (Å²) in [5.74, 6) is 0. The summed E-state index contributed by atoms with van der Waals surface area (Å²) in [4.78, 5) is 3.73. The molecule has 0 amide bonds. The number of hydrogen-bond donors (Lipinski definition) is 0. The molecule has 1 aromatic heterocycles. The van der Waals surface area contributed by atoms with Gasteiger partial charge in [0.15, 0.2) is 0 Å². The Morgan fingerprint density at radius 1 is 0.423 bits per heavy atom. The van der Waals surface area contributed by atoms with Crippen LogP contribution in [0.25, 0.3) is 66.7 Å². The van der Waals surface area contributed by atoms with E-state index in [0.29, 0.717) is 0 Å². The van der Waals surface area contributed by atoms with Crippen LogP contribution in [-0.4, -0.2) is 0 Å². The van der Waals surface area contributed by atoms with E-state index in [-0.39, 0.29) is 0 Å². The van der Waals surface area contributed by atoms with Crippen molar-refractivity contribution in [1.82, 2.24) is 0 Å². The highest BCUT2D eigenvalue weighted by Crippen LogP contribution is 2.65. The van der Waals surface area contributed by atoms with Crippen molar-refractivity contribution in [2.75, 3.05) is 4.90 Å². The maximum absolute atomic E-state index is 4.14. The summed E-state index contributed by atoms with van der Waals surface area (Å²) >= 11 is 1.80. The molecule has 334 valence electrons. The van der Waals surface area contributed by atoms with Gasteiger partial charge in [0.2, 0.25) is 0 Å². The highest BCUT2D eigenvalue weighted by molar-refractivity contribution is 7.20. The van der Waals surface area contributed by atoms with Gasteiger partial charge in [0.1, 0.15) is 0 Å². The average molecular weight is 922 g/mol. The number of benzene rings is 10. The normalized spacial score (nSPS) is 13.9. The number of thiophene rings is 1. The van der Waals surface area contributed by atoms with Crippen molar-refractivity contribution in [2.45, 2.75) is 17.8 Å². The molecule has 71 heavy (non-hydrogen) atoms. The third-order valence-corrected chi connectivity index (χ3v) is 16.9. The number of hydrogen-bond acceptors (Lipinski definition) is 2. The van der Waals surface area contributed by atoms with Crippen molar-refractivity contribution in [3.63, 3.8) is 0 Å². The fourth-order valence-corrected chi connectivity index (χ4v) is 13.9. The number of fused-ring (bicyclic) bond motifs is 14. The van der Waals surface area contributed by atoms with Gasteiger partial charge in [-0.25, -0.2) is 0 Å². The topological polar surface area (TPSA) is 3.24 Å². The minimum atomic E-state index is -0.495. The van der Waals surface area contributed by atoms with Gasteiger partial charge in [0, 0.05) is 31.9 Å². The second-order valence-corrected chi connectivity index (χ2v) is 20.1. The van der Waals surface area contributed by atoms with Gasteiger partial charge in [-0.1, -0.05) is 219 Å². The molecule has 14 rings (SSSR count). The molecule has 0 atom stereocenters. The van der Waals surface area contributed by atoms with E-state index in [1.165, 1.54) is 110 Å². The molecule has 3 aliphatic rings. The van der Waals surface area contributed by atoms with Crippen LogP contribution in [0.1, 0.15) is 61.9 Å². The van der Waals surface area contributed by atoms with E-state index in [1.807, 2.05) is 6.08 Å². The molecule has 0 saturated carbocycles. The van der Waals surface area contributed by atoms with Gasteiger partial charge in [-0.15, -0.1) is 11.3 Å². The lowest BCUT2D eigenvalue weighted by atomic mass is 9.68. The van der Waals surface area contributed by atoms with Crippen LogP contribution in [0.2, 0.25) is 0 Å². The van der Waals surface area contributed by atoms with Crippen LogP contribution in [0.15, 0.2) is 249 Å². The van der Waals surface area contributed by atoms with Gasteiger partial charge in [0.25, 0.3) is 0 Å². The van der Waals surface area contributed by atoms with E-state index in [2.05, 4.69) is 267 Å². The number of rotatable bonds is 8. The van der Waals surface area contributed by atoms with E-state index in [1.54, 1.807) is 11.3 Å². The lowest BCUT2D eigenvalue weighted by Gasteiger charge is -2.34. The van der Waals surface area contributed by atoms with Crippen LogP contribution in [0.5, 0.6) is 0 Å². The third kappa shape index (κ3) is 5.74. The van der Waals surface area contributed by atoms with Crippen molar-refractivity contribution in [3.05, 3.63) is 304 Å². The highest BCUT2D eigenvalue weighted by Gasteiger charge is 2.52. The number of allylic oxidation sites excluding steroid dienone is 1. The van der Waals surface area contributed by atoms with Crippen molar-refractivity contribution in [2.24, 2.45) is 0 Å². The van der Waals surface area contributed by atoms with Gasteiger partial charge < -0.3 is 4.90 Å². The molecule has 0 fully saturated rings. The molecule has 0 N–H and O–H groups in total. The summed E-state index contributed by atoms with van der Waals surface area (Å²) in [6.45, 7) is 6.22. The van der Waals surface area contributed by atoms with Crippen molar-refractivity contribution < 1.29 is 0 Å². The molecule has 0 aliphatic heterocycles. The average Bonchev–Trinajstić information content (AvgIpc) is 4.15. The van der Waals surface area contributed by atoms with Gasteiger partial charge in [-0.3, -0.25) is 0 Å². The first-order valence-electron chi connectivity index (χ1n) is 24.6. The second kappa shape index (κ2) is 16.0. The SMILES string of the molecule is C=Cc1sc2ccc(-c3ccc(N(c4ccc5c(c4)-c4ccccc4C5(c4ccccc4)c4ccccc4)c4cccc5c4-c4ccccc4C54c5ccccc5-c5ccccc54)cc3)cc2c1/C=C\C. The minimum absolute atomic E-state index is 0.468. The van der Waals surface area contributed by atoms with Gasteiger partial charge in [0.05, 0.1) is 16.5 Å². The van der Waals surface area contributed by atoms with Crippen LogP contribution >= 0.6 is 11.3 Å². The first-order valence-corrected chi connectivity index (χ1v) is 25.5. The maximum atomic E-state index is 4.14. The van der Waals surface area contributed by atoms with Crippen molar-refractivity contribution >= 4 is 50.6 Å². The molecule has 2 heteroatoms. The first-order chi connectivity index (χ1) is 35.1. The Balaban J connectivity index is 1.02. The van der Waals surface area contributed by atoms with Crippen molar-refractivity contribution in [1.29, 1.82) is 0 Å². The monoisotopic (exact) mass is 921 g/mol. The number of nitrogens with zero attached hydrogens (tertiary/aromatic N) is 1. The number of anilines is 3. The molecule has 10 aromatic carbocycles. The molecule has 1 nitrogen and oxygen atoms in total. The van der Waals surface area contributed by atoms with E-state index in [0.717, 1.165) is 17.1 Å². The molecule has 0 saturated heterocycles. The standard InChI is InChI=1S/C69H47NS/c1-3-20-54-57-43-46(37-42-66(57)71-65(54)4-2)45-35-38-49(39-36-45)70(50-40-41-62-56(44-50)53-27-13-15-29-58(53)68(62,47-21-7-5-8-22-47)48-23-9-6-10-24-48)64-34-19-33-63-67(64)55-28-14-18-32-61(55)69(63)59-30-16-11-25-51(59)52-26-12-17-31-60(52)69/h3-44H,2H2,1H3/b20-3-. The van der Waals surface area contributed by atoms with E-state index < -0.39 is 10.8 Å². The predicted molar refractivity (Wildman–Crippen MR) is 300 cm³/mol. The molecular formula is C69H47NS. The summed E-state index contributed by atoms with van der Waals surface area (Å²) in [6, 6.07) is 89.0. The summed E-state index contributed by atoms with van der Waals surface area (Å²) in [5.41, 5.74) is 24.1. The van der Waals surface area contributed by atoms with Crippen LogP contribution in [0, 0.1) is 0 Å². The Morgan fingerprint density at radius 3 is 1.55 bits per heavy atom. The summed E-state index contributed by atoms with van der Waals surface area (Å²) in [7, 11) is 0. The zero-order chi connectivity index (χ0) is 47.3. The minimum Gasteiger partial charge on any atom is -0.310 e. The summed E-state index contributed by atoms with van der Waals surface area (Å²) in [6.07, 6.45) is 6.31. The van der Waals surface area contributed by atoms with Gasteiger partial charge in [-0.2, -0.15) is 0 Å². The fraction of sp³-hybridized carbons (Fsp3) is 0.0435. The lowest BCUT2D eigenvalue weighted by Crippen LogP contribution is -2.28. The molecule has 11 aromatic rings.